The van der Waals surface area contributed by atoms with Gasteiger partial charge in [0.05, 0.1) is 6.04 Å². The van der Waals surface area contributed by atoms with E-state index in [0.29, 0.717) is 13.0 Å². The molecular weight excluding hydrogens is 498 g/mol. The second-order valence-electron chi connectivity index (χ2n) is 13.9. The highest BCUT2D eigenvalue weighted by Gasteiger charge is 2.69. The minimum Gasteiger partial charge on any atom is -0.363 e. The van der Waals surface area contributed by atoms with Crippen LogP contribution in [0.5, 0.6) is 0 Å². The van der Waals surface area contributed by atoms with Gasteiger partial charge in [-0.3, -0.25) is 19.2 Å². The summed E-state index contributed by atoms with van der Waals surface area (Å²) in [6.45, 7) is 10.3. The zero-order chi connectivity index (χ0) is 28.7. The highest BCUT2D eigenvalue weighted by atomic mass is 16.2. The van der Waals surface area contributed by atoms with Crippen LogP contribution >= 0.6 is 0 Å². The Kier molecular flexibility index (Phi) is 8.34. The summed E-state index contributed by atoms with van der Waals surface area (Å²) in [5.74, 6) is -2.14. The van der Waals surface area contributed by atoms with Gasteiger partial charge < -0.3 is 26.6 Å². The van der Waals surface area contributed by atoms with E-state index in [2.05, 4.69) is 29.8 Å². The molecule has 0 aromatic heterocycles. The van der Waals surface area contributed by atoms with Gasteiger partial charge in [-0.05, 0) is 69.1 Å². The van der Waals surface area contributed by atoms with Crippen LogP contribution in [0.2, 0.25) is 0 Å². The number of ketones is 1. The minimum absolute atomic E-state index is 0.00609. The number of nitrogens with one attached hydrogen (secondary N) is 3. The Balaban J connectivity index is 1.55. The molecule has 0 aromatic carbocycles. The molecule has 3 aliphatic carbocycles. The van der Waals surface area contributed by atoms with Crippen LogP contribution in [0.25, 0.3) is 0 Å². The number of nitrogens with zero attached hydrogens (tertiary/aromatic N) is 1. The fourth-order valence-electron chi connectivity index (χ4n) is 7.08. The fourth-order valence-corrected chi connectivity index (χ4v) is 7.08. The molecule has 10 nitrogen and oxygen atoms in total. The number of urea groups is 1. The lowest BCUT2D eigenvalue weighted by Crippen LogP contribution is -2.61. The Morgan fingerprint density at radius 3 is 2.13 bits per heavy atom. The first-order valence-corrected chi connectivity index (χ1v) is 14.7. The van der Waals surface area contributed by atoms with E-state index in [1.807, 2.05) is 20.8 Å². The molecule has 4 aliphatic rings. The lowest BCUT2D eigenvalue weighted by Gasteiger charge is -2.37. The van der Waals surface area contributed by atoms with Crippen molar-refractivity contribution < 1.29 is 24.0 Å². The molecule has 4 rings (SSSR count). The third kappa shape index (κ3) is 6.40. The summed E-state index contributed by atoms with van der Waals surface area (Å²) in [6, 6.07) is -2.88. The number of likely N-dealkylation sites (tertiary alicyclic amines) is 1. The molecule has 1 heterocycles. The number of piperidine rings is 1. The lowest BCUT2D eigenvalue weighted by molar-refractivity contribution is -0.144. The number of rotatable bonds is 9. The van der Waals surface area contributed by atoms with E-state index in [1.54, 1.807) is 4.90 Å². The summed E-state index contributed by atoms with van der Waals surface area (Å²) in [6.07, 6.45) is 8.13. The molecule has 10 heteroatoms. The number of carbonyl (C=O) groups excluding carboxylic acids is 5. The Morgan fingerprint density at radius 1 is 0.949 bits per heavy atom. The van der Waals surface area contributed by atoms with E-state index in [1.165, 1.54) is 0 Å². The van der Waals surface area contributed by atoms with Crippen molar-refractivity contribution in [1.82, 2.24) is 20.9 Å². The summed E-state index contributed by atoms with van der Waals surface area (Å²) in [4.78, 5) is 66.9. The number of fused-ring (bicyclic) bond motifs is 1. The molecule has 0 bridgehead atoms. The number of nitrogens with two attached hydrogens (primary N) is 1. The van der Waals surface area contributed by atoms with Gasteiger partial charge in [-0.1, -0.05) is 52.4 Å². The summed E-state index contributed by atoms with van der Waals surface area (Å²) in [5, 5.41) is 8.68. The predicted molar refractivity (Wildman–Crippen MR) is 146 cm³/mol. The molecule has 0 spiro atoms. The molecule has 1 saturated heterocycles. The van der Waals surface area contributed by atoms with Gasteiger partial charge in [0, 0.05) is 12.1 Å². The summed E-state index contributed by atoms with van der Waals surface area (Å²) < 4.78 is 0. The van der Waals surface area contributed by atoms with Crippen LogP contribution < -0.4 is 21.7 Å². The fraction of sp³-hybridized carbons (Fsp3) is 0.828. The van der Waals surface area contributed by atoms with Gasteiger partial charge in [0.2, 0.25) is 17.6 Å². The van der Waals surface area contributed by atoms with Crippen LogP contribution in [0.15, 0.2) is 0 Å². The zero-order valence-electron chi connectivity index (χ0n) is 24.2. The number of carbonyl (C=O) groups is 5. The van der Waals surface area contributed by atoms with Crippen LogP contribution in [0.4, 0.5) is 4.79 Å². The average molecular weight is 546 g/mol. The van der Waals surface area contributed by atoms with E-state index in [4.69, 9.17) is 5.73 Å². The smallest absolute Gasteiger partial charge is 0.315 e. The minimum atomic E-state index is -1.06. The summed E-state index contributed by atoms with van der Waals surface area (Å²) in [5.41, 5.74) is 4.74. The first-order valence-electron chi connectivity index (χ1n) is 14.7. The SMILES string of the molecule is CC(C)(C)NC(=O)N[C@H](C(=O)N1CC2[C@@H]([C@H]1C(=O)NC(CC1CCC1)C(=O)C(N)=O)C2(C)C)C1CCCCC1. The van der Waals surface area contributed by atoms with Crippen molar-refractivity contribution in [3.05, 3.63) is 0 Å². The molecule has 3 saturated carbocycles. The Labute approximate surface area is 231 Å². The van der Waals surface area contributed by atoms with Crippen LogP contribution in [-0.4, -0.2) is 64.6 Å². The number of Topliss-reactive ketones (excluding diaryl/α,β-unsaturated/α-hetero) is 1. The first kappa shape index (κ1) is 29.3. The second-order valence-corrected chi connectivity index (χ2v) is 13.9. The van der Waals surface area contributed by atoms with Crippen molar-refractivity contribution in [2.45, 2.75) is 116 Å². The second kappa shape index (κ2) is 11.1. The molecule has 4 fully saturated rings. The van der Waals surface area contributed by atoms with Gasteiger partial charge in [-0.15, -0.1) is 0 Å². The molecule has 5 amide bonds. The van der Waals surface area contributed by atoms with E-state index >= 15 is 0 Å². The number of hydrogen-bond acceptors (Lipinski definition) is 5. The maximum Gasteiger partial charge on any atom is 0.315 e. The molecule has 0 radical (unpaired) electrons. The van der Waals surface area contributed by atoms with Crippen molar-refractivity contribution in [1.29, 1.82) is 0 Å². The third-order valence-electron chi connectivity index (χ3n) is 9.59. The quantitative estimate of drug-likeness (QED) is 0.328. The van der Waals surface area contributed by atoms with Crippen molar-refractivity contribution in [3.8, 4) is 0 Å². The third-order valence-corrected chi connectivity index (χ3v) is 9.59. The zero-order valence-corrected chi connectivity index (χ0v) is 24.2. The maximum absolute atomic E-state index is 14.2. The summed E-state index contributed by atoms with van der Waals surface area (Å²) in [7, 11) is 0. The van der Waals surface area contributed by atoms with E-state index < -0.39 is 47.3 Å². The number of amides is 5. The normalized spacial score (nSPS) is 27.9. The number of hydrogen-bond donors (Lipinski definition) is 4. The van der Waals surface area contributed by atoms with E-state index in [0.717, 1.165) is 51.4 Å². The van der Waals surface area contributed by atoms with Gasteiger partial charge >= 0.3 is 6.03 Å². The van der Waals surface area contributed by atoms with Crippen molar-refractivity contribution in [2.75, 3.05) is 6.54 Å². The molecule has 0 aromatic rings. The Bertz CT molecular complexity index is 995. The van der Waals surface area contributed by atoms with Crippen LogP contribution in [-0.2, 0) is 19.2 Å². The molecule has 5 atom stereocenters. The topological polar surface area (TPSA) is 151 Å². The molecule has 218 valence electrons. The number of primary amides is 1. The van der Waals surface area contributed by atoms with Gasteiger partial charge in [0.25, 0.3) is 5.91 Å². The molecule has 2 unspecified atom stereocenters. The average Bonchev–Trinajstić information content (AvgIpc) is 3.15. The van der Waals surface area contributed by atoms with Crippen molar-refractivity contribution in [3.63, 3.8) is 0 Å². The molecular formula is C29H47N5O5. The molecule has 1 aliphatic heterocycles. The predicted octanol–water partition coefficient (Wildman–Crippen LogP) is 2.25. The molecule has 39 heavy (non-hydrogen) atoms. The lowest BCUT2D eigenvalue weighted by atomic mass is 9.80. The van der Waals surface area contributed by atoms with Gasteiger partial charge in [0.1, 0.15) is 12.1 Å². The standard InChI is InChI=1S/C29H47N5O5/c1-28(2,3)33-27(39)32-21(17-12-7-6-8-13-17)26(38)34-15-18-20(29(18,4)5)22(34)25(37)31-19(23(35)24(30)36)14-16-10-9-11-16/h16-22H,6-15H2,1-5H3,(H2,30,36)(H,31,37)(H2,32,33,39)/t18?,19?,20-,21-,22-/m0/s1. The van der Waals surface area contributed by atoms with Gasteiger partial charge in [0.15, 0.2) is 0 Å². The highest BCUT2D eigenvalue weighted by Crippen LogP contribution is 2.65. The largest absolute Gasteiger partial charge is 0.363 e. The van der Waals surface area contributed by atoms with Crippen molar-refractivity contribution in [2.24, 2.45) is 34.8 Å². The van der Waals surface area contributed by atoms with Crippen molar-refractivity contribution >= 4 is 29.5 Å². The Morgan fingerprint density at radius 2 is 1.59 bits per heavy atom. The van der Waals surface area contributed by atoms with Crippen LogP contribution in [0, 0.1) is 29.1 Å². The molecule has 5 N–H and O–H groups in total. The van der Waals surface area contributed by atoms with Crippen LogP contribution in [0.3, 0.4) is 0 Å². The van der Waals surface area contributed by atoms with Crippen LogP contribution in [0.1, 0.15) is 92.4 Å². The monoisotopic (exact) mass is 545 g/mol. The van der Waals surface area contributed by atoms with Gasteiger partial charge in [-0.2, -0.15) is 0 Å². The first-order chi connectivity index (χ1) is 18.2. The summed E-state index contributed by atoms with van der Waals surface area (Å²) >= 11 is 0. The Hall–Kier alpha value is -2.65. The van der Waals surface area contributed by atoms with E-state index in [-0.39, 0.29) is 35.0 Å². The van der Waals surface area contributed by atoms with Gasteiger partial charge in [-0.25, -0.2) is 4.79 Å². The van der Waals surface area contributed by atoms with E-state index in [9.17, 15) is 24.0 Å². The maximum atomic E-state index is 14.2. The highest BCUT2D eigenvalue weighted by molar-refractivity contribution is 6.37.